The summed E-state index contributed by atoms with van der Waals surface area (Å²) in [5.41, 5.74) is 3.66. The molecule has 6 heteroatoms. The summed E-state index contributed by atoms with van der Waals surface area (Å²) in [5.74, 6) is 0.267. The second-order valence-corrected chi connectivity index (χ2v) is 10.7. The third kappa shape index (κ3) is 4.57. The zero-order chi connectivity index (χ0) is 23.0. The fourth-order valence-corrected chi connectivity index (χ4v) is 5.68. The number of fused-ring (bicyclic) bond motifs is 1. The number of hydrogen-bond donors (Lipinski definition) is 0. The van der Waals surface area contributed by atoms with E-state index in [1.54, 1.807) is 36.5 Å². The van der Waals surface area contributed by atoms with E-state index in [2.05, 4.69) is 16.0 Å². The van der Waals surface area contributed by atoms with Gasteiger partial charge in [-0.15, -0.1) is 0 Å². The lowest BCUT2D eigenvalue weighted by molar-refractivity contribution is -0.119. The highest BCUT2D eigenvalue weighted by molar-refractivity contribution is 7.90. The van der Waals surface area contributed by atoms with Crippen LogP contribution in [-0.2, 0) is 26.8 Å². The molecule has 166 valence electrons. The van der Waals surface area contributed by atoms with Gasteiger partial charge in [0.25, 0.3) is 0 Å². The SMILES string of the molecule is Cc1cncc2ccc(CC(=O)[C@@H]3CC3c3ccc(S(=O)(=O)Cc4ccccn4)cc3)cc12. The fraction of sp³-hybridized carbons (Fsp3) is 0.222. The summed E-state index contributed by atoms with van der Waals surface area (Å²) >= 11 is 0. The molecule has 1 aliphatic carbocycles. The van der Waals surface area contributed by atoms with Crippen LogP contribution in [0.3, 0.4) is 0 Å². The van der Waals surface area contributed by atoms with E-state index in [0.29, 0.717) is 12.1 Å². The Labute approximate surface area is 193 Å². The second kappa shape index (κ2) is 8.52. The van der Waals surface area contributed by atoms with Crippen molar-refractivity contribution in [3.8, 4) is 0 Å². The maximum Gasteiger partial charge on any atom is 0.184 e. The maximum absolute atomic E-state index is 12.9. The summed E-state index contributed by atoms with van der Waals surface area (Å²) in [6.45, 7) is 2.03. The molecule has 2 aromatic heterocycles. The van der Waals surface area contributed by atoms with Crippen molar-refractivity contribution in [3.63, 3.8) is 0 Å². The van der Waals surface area contributed by atoms with Gasteiger partial charge in [0.2, 0.25) is 0 Å². The van der Waals surface area contributed by atoms with Crippen molar-refractivity contribution in [3.05, 3.63) is 102 Å². The second-order valence-electron chi connectivity index (χ2n) is 8.75. The van der Waals surface area contributed by atoms with Crippen molar-refractivity contribution < 1.29 is 13.2 Å². The van der Waals surface area contributed by atoms with Crippen molar-refractivity contribution in [1.82, 2.24) is 9.97 Å². The van der Waals surface area contributed by atoms with Gasteiger partial charge in [-0.1, -0.05) is 36.4 Å². The minimum absolute atomic E-state index is 0.00444. The minimum Gasteiger partial charge on any atom is -0.299 e. The highest BCUT2D eigenvalue weighted by Gasteiger charge is 2.43. The van der Waals surface area contributed by atoms with E-state index in [9.17, 15) is 13.2 Å². The van der Waals surface area contributed by atoms with E-state index in [0.717, 1.165) is 33.9 Å². The summed E-state index contributed by atoms with van der Waals surface area (Å²) in [5, 5.41) is 2.21. The Hall–Kier alpha value is -3.38. The fourth-order valence-electron chi connectivity index (χ4n) is 4.40. The molecule has 4 aromatic rings. The first-order valence-electron chi connectivity index (χ1n) is 11.0. The largest absolute Gasteiger partial charge is 0.299 e. The number of carbonyl (C=O) groups excluding carboxylic acids is 1. The van der Waals surface area contributed by atoms with E-state index in [1.165, 1.54) is 0 Å². The van der Waals surface area contributed by atoms with E-state index in [4.69, 9.17) is 0 Å². The monoisotopic (exact) mass is 456 g/mol. The molecule has 5 nitrogen and oxygen atoms in total. The smallest absolute Gasteiger partial charge is 0.184 e. The summed E-state index contributed by atoms with van der Waals surface area (Å²) in [7, 11) is -3.46. The minimum atomic E-state index is -3.46. The Morgan fingerprint density at radius 1 is 1.03 bits per heavy atom. The topological polar surface area (TPSA) is 77.0 Å². The number of hydrogen-bond acceptors (Lipinski definition) is 5. The Morgan fingerprint density at radius 2 is 1.85 bits per heavy atom. The Kier molecular flexibility index (Phi) is 5.54. The molecule has 33 heavy (non-hydrogen) atoms. The average molecular weight is 457 g/mol. The van der Waals surface area contributed by atoms with E-state index < -0.39 is 9.84 Å². The number of aromatic nitrogens is 2. The molecule has 0 N–H and O–H groups in total. The molecular weight excluding hydrogens is 432 g/mol. The molecule has 0 bridgehead atoms. The molecule has 2 heterocycles. The van der Waals surface area contributed by atoms with Crippen LogP contribution in [0, 0.1) is 12.8 Å². The molecule has 0 aliphatic heterocycles. The number of rotatable bonds is 7. The first kappa shape index (κ1) is 21.5. The normalized spacial score (nSPS) is 17.7. The maximum atomic E-state index is 12.9. The molecule has 5 rings (SSSR count). The first-order chi connectivity index (χ1) is 15.9. The molecule has 0 saturated heterocycles. The summed E-state index contributed by atoms with van der Waals surface area (Å²) in [6, 6.07) is 18.3. The number of ketones is 1. The zero-order valence-electron chi connectivity index (χ0n) is 18.3. The van der Waals surface area contributed by atoms with Crippen LogP contribution in [0.15, 0.2) is 84.1 Å². The van der Waals surface area contributed by atoms with Crippen molar-refractivity contribution in [1.29, 1.82) is 0 Å². The van der Waals surface area contributed by atoms with Crippen molar-refractivity contribution in [2.24, 2.45) is 5.92 Å². The van der Waals surface area contributed by atoms with Crippen molar-refractivity contribution in [2.45, 2.75) is 36.3 Å². The molecule has 2 atom stereocenters. The van der Waals surface area contributed by atoms with Crippen LogP contribution in [0.4, 0.5) is 0 Å². The summed E-state index contributed by atoms with van der Waals surface area (Å²) in [6.07, 6.45) is 6.50. The van der Waals surface area contributed by atoms with Crippen LogP contribution in [0.5, 0.6) is 0 Å². The highest BCUT2D eigenvalue weighted by atomic mass is 32.2. The molecular formula is C27H24N2O3S. The molecule has 1 aliphatic rings. The van der Waals surface area contributed by atoms with Crippen LogP contribution in [0.25, 0.3) is 10.8 Å². The number of carbonyl (C=O) groups is 1. The van der Waals surface area contributed by atoms with E-state index in [1.807, 2.05) is 43.6 Å². The predicted molar refractivity (Wildman–Crippen MR) is 128 cm³/mol. The highest BCUT2D eigenvalue weighted by Crippen LogP contribution is 2.48. The quantitative estimate of drug-likeness (QED) is 0.398. The Balaban J connectivity index is 1.25. The molecule has 0 amide bonds. The van der Waals surface area contributed by atoms with Gasteiger partial charge >= 0.3 is 0 Å². The number of pyridine rings is 2. The van der Waals surface area contributed by atoms with Crippen LogP contribution < -0.4 is 0 Å². The van der Waals surface area contributed by atoms with Crippen LogP contribution in [0.2, 0.25) is 0 Å². The summed E-state index contributed by atoms with van der Waals surface area (Å²) in [4.78, 5) is 21.5. The molecule has 1 unspecified atom stereocenters. The van der Waals surface area contributed by atoms with E-state index in [-0.39, 0.29) is 28.3 Å². The lowest BCUT2D eigenvalue weighted by atomic mass is 9.99. The Morgan fingerprint density at radius 3 is 2.61 bits per heavy atom. The van der Waals surface area contributed by atoms with Gasteiger partial charge in [-0.25, -0.2) is 8.42 Å². The number of sulfone groups is 1. The first-order valence-corrected chi connectivity index (χ1v) is 12.6. The Bertz CT molecular complexity index is 1430. The van der Waals surface area contributed by atoms with Crippen LogP contribution in [0.1, 0.15) is 34.7 Å². The molecule has 1 saturated carbocycles. The van der Waals surface area contributed by atoms with Crippen molar-refractivity contribution in [2.75, 3.05) is 0 Å². The van der Waals surface area contributed by atoms with Gasteiger partial charge in [-0.05, 0) is 65.6 Å². The number of benzene rings is 2. The zero-order valence-corrected chi connectivity index (χ0v) is 19.1. The molecule has 0 spiro atoms. The van der Waals surface area contributed by atoms with E-state index >= 15 is 0 Å². The van der Waals surface area contributed by atoms with Gasteiger partial charge in [-0.3, -0.25) is 14.8 Å². The van der Waals surface area contributed by atoms with Gasteiger partial charge in [0, 0.05) is 36.3 Å². The average Bonchev–Trinajstić information content (AvgIpc) is 3.61. The molecule has 1 fully saturated rings. The van der Waals surface area contributed by atoms with Gasteiger partial charge in [0.15, 0.2) is 9.84 Å². The standard InChI is InChI=1S/C27H24N2O3S/c1-18-15-28-16-21-6-5-19(12-24(18)21)13-27(30)26-14-25(26)20-7-9-23(10-8-20)33(31,32)17-22-4-2-3-11-29-22/h2-12,15-16,25-26H,13-14,17H2,1H3/t25?,26-/m1/s1. The molecule has 0 radical (unpaired) electrons. The van der Waals surface area contributed by atoms with Gasteiger partial charge in [-0.2, -0.15) is 0 Å². The lowest BCUT2D eigenvalue weighted by Crippen LogP contribution is -2.07. The number of aryl methyl sites for hydroxylation is 1. The number of Topliss-reactive ketones (excluding diaryl/α,β-unsaturated/α-hetero) is 1. The van der Waals surface area contributed by atoms with Crippen LogP contribution >= 0.6 is 0 Å². The third-order valence-corrected chi connectivity index (χ3v) is 8.00. The third-order valence-electron chi connectivity index (χ3n) is 6.34. The molecule has 2 aromatic carbocycles. The van der Waals surface area contributed by atoms with Gasteiger partial charge < -0.3 is 0 Å². The lowest BCUT2D eigenvalue weighted by Gasteiger charge is -2.07. The van der Waals surface area contributed by atoms with Gasteiger partial charge in [0.05, 0.1) is 16.3 Å². The number of nitrogens with zero attached hydrogens (tertiary/aromatic N) is 2. The predicted octanol–water partition coefficient (Wildman–Crippen LogP) is 4.83. The summed E-state index contributed by atoms with van der Waals surface area (Å²) < 4.78 is 25.4. The van der Waals surface area contributed by atoms with Crippen LogP contribution in [-0.4, -0.2) is 24.2 Å². The van der Waals surface area contributed by atoms with Gasteiger partial charge in [0.1, 0.15) is 5.78 Å². The van der Waals surface area contributed by atoms with Crippen molar-refractivity contribution >= 4 is 26.4 Å².